The lowest BCUT2D eigenvalue weighted by Crippen LogP contribution is -2.22. The third kappa shape index (κ3) is 3.30. The molecule has 1 fully saturated rings. The van der Waals surface area contributed by atoms with Crippen molar-refractivity contribution < 1.29 is 14.3 Å². The zero-order valence-corrected chi connectivity index (χ0v) is 15.3. The highest BCUT2D eigenvalue weighted by Gasteiger charge is 2.29. The van der Waals surface area contributed by atoms with Crippen LogP contribution in [0.4, 0.5) is 0 Å². The van der Waals surface area contributed by atoms with Gasteiger partial charge in [-0.25, -0.2) is 9.78 Å². The highest BCUT2D eigenvalue weighted by Crippen LogP contribution is 2.35. The molecule has 1 aromatic carbocycles. The molecule has 1 unspecified atom stereocenters. The second-order valence-corrected chi connectivity index (χ2v) is 7.46. The summed E-state index contributed by atoms with van der Waals surface area (Å²) in [5, 5.41) is 12.6. The molecule has 0 aliphatic carbocycles. The highest BCUT2D eigenvalue weighted by molar-refractivity contribution is 7.09. The minimum atomic E-state index is -0.947. The summed E-state index contributed by atoms with van der Waals surface area (Å²) in [4.78, 5) is 18.5. The van der Waals surface area contributed by atoms with E-state index in [-0.39, 0.29) is 5.56 Å². The molecule has 1 aliphatic heterocycles. The van der Waals surface area contributed by atoms with Crippen LogP contribution in [-0.2, 0) is 6.54 Å². The van der Waals surface area contributed by atoms with Gasteiger partial charge in [0.1, 0.15) is 16.5 Å². The number of hydrogen-bond acceptors (Lipinski definition) is 5. The molecule has 1 aliphatic rings. The van der Waals surface area contributed by atoms with E-state index in [0.29, 0.717) is 23.9 Å². The Bertz CT molecular complexity index is 931. The van der Waals surface area contributed by atoms with Crippen molar-refractivity contribution in [2.75, 3.05) is 6.54 Å². The Morgan fingerprint density at radius 1 is 1.35 bits per heavy atom. The predicted molar refractivity (Wildman–Crippen MR) is 100 cm³/mol. The van der Waals surface area contributed by atoms with Crippen molar-refractivity contribution in [3.05, 3.63) is 63.8 Å². The molecule has 4 rings (SSSR count). The fourth-order valence-corrected chi connectivity index (χ4v) is 4.48. The van der Waals surface area contributed by atoms with Crippen LogP contribution < -0.4 is 0 Å². The van der Waals surface area contributed by atoms with Gasteiger partial charge < -0.3 is 9.52 Å². The molecular weight excluding hydrogens is 348 g/mol. The maximum Gasteiger partial charge on any atom is 0.336 e. The molecule has 6 heteroatoms. The minimum Gasteiger partial charge on any atom is -0.478 e. The molecule has 5 nitrogen and oxygen atoms in total. The monoisotopic (exact) mass is 368 g/mol. The zero-order valence-electron chi connectivity index (χ0n) is 14.5. The van der Waals surface area contributed by atoms with E-state index in [1.807, 2.05) is 25.1 Å². The number of aromatic nitrogens is 1. The van der Waals surface area contributed by atoms with Gasteiger partial charge in [0.2, 0.25) is 0 Å². The van der Waals surface area contributed by atoms with Gasteiger partial charge in [0, 0.05) is 16.6 Å². The number of rotatable bonds is 5. The molecule has 0 saturated carbocycles. The lowest BCUT2D eigenvalue weighted by molar-refractivity contribution is 0.0697. The first-order valence-electron chi connectivity index (χ1n) is 8.69. The molecule has 2 aromatic heterocycles. The first-order valence-corrected chi connectivity index (χ1v) is 9.57. The average Bonchev–Trinajstić information content (AvgIpc) is 3.36. The summed E-state index contributed by atoms with van der Waals surface area (Å²) in [6, 6.07) is 11.1. The Morgan fingerprint density at radius 2 is 2.19 bits per heavy atom. The number of thiazole rings is 1. The maximum atomic E-state index is 11.4. The quantitative estimate of drug-likeness (QED) is 0.704. The van der Waals surface area contributed by atoms with Gasteiger partial charge in [0.05, 0.1) is 18.2 Å². The molecule has 1 saturated heterocycles. The summed E-state index contributed by atoms with van der Waals surface area (Å²) < 4.78 is 5.99. The van der Waals surface area contributed by atoms with Gasteiger partial charge in [-0.15, -0.1) is 11.3 Å². The van der Waals surface area contributed by atoms with Crippen molar-refractivity contribution in [1.29, 1.82) is 0 Å². The van der Waals surface area contributed by atoms with E-state index in [0.717, 1.165) is 30.8 Å². The van der Waals surface area contributed by atoms with E-state index in [2.05, 4.69) is 15.3 Å². The first-order chi connectivity index (χ1) is 12.6. The summed E-state index contributed by atoms with van der Waals surface area (Å²) >= 11 is 1.72. The van der Waals surface area contributed by atoms with Crippen molar-refractivity contribution in [3.8, 4) is 11.3 Å². The van der Waals surface area contributed by atoms with E-state index < -0.39 is 5.97 Å². The average molecular weight is 368 g/mol. The summed E-state index contributed by atoms with van der Waals surface area (Å²) in [6.45, 7) is 3.75. The van der Waals surface area contributed by atoms with Crippen LogP contribution in [0.15, 0.2) is 46.2 Å². The van der Waals surface area contributed by atoms with Gasteiger partial charge in [-0.2, -0.15) is 0 Å². The molecule has 1 atom stereocenters. The van der Waals surface area contributed by atoms with E-state index in [9.17, 15) is 9.90 Å². The van der Waals surface area contributed by atoms with E-state index in [4.69, 9.17) is 4.42 Å². The van der Waals surface area contributed by atoms with E-state index >= 15 is 0 Å². The van der Waals surface area contributed by atoms with Crippen molar-refractivity contribution >= 4 is 17.3 Å². The van der Waals surface area contributed by atoms with Gasteiger partial charge in [-0.3, -0.25) is 4.90 Å². The molecule has 1 N–H and O–H groups in total. The van der Waals surface area contributed by atoms with Gasteiger partial charge >= 0.3 is 5.97 Å². The normalized spacial score (nSPS) is 17.7. The van der Waals surface area contributed by atoms with Crippen molar-refractivity contribution in [2.45, 2.75) is 32.4 Å². The fourth-order valence-electron chi connectivity index (χ4n) is 3.51. The Labute approximate surface area is 155 Å². The number of carbonyl (C=O) groups is 1. The molecular formula is C20H20N2O3S. The SMILES string of the molecule is Cc1csc(C2CCCN2Cc2ccc(-c3ccccc3C(=O)O)o2)n1. The Balaban J connectivity index is 1.55. The van der Waals surface area contributed by atoms with Gasteiger partial charge in [0.25, 0.3) is 0 Å². The maximum absolute atomic E-state index is 11.4. The molecule has 134 valence electrons. The number of benzene rings is 1. The number of carboxylic acids is 1. The van der Waals surface area contributed by atoms with Crippen LogP contribution in [0.1, 0.15) is 45.7 Å². The van der Waals surface area contributed by atoms with Crippen LogP contribution in [0.25, 0.3) is 11.3 Å². The number of nitrogens with zero attached hydrogens (tertiary/aromatic N) is 2. The largest absolute Gasteiger partial charge is 0.478 e. The summed E-state index contributed by atoms with van der Waals surface area (Å²) in [5.41, 5.74) is 1.94. The summed E-state index contributed by atoms with van der Waals surface area (Å²) in [7, 11) is 0. The highest BCUT2D eigenvalue weighted by atomic mass is 32.1. The molecule has 0 spiro atoms. The van der Waals surface area contributed by atoms with E-state index in [1.54, 1.807) is 29.5 Å². The molecule has 0 radical (unpaired) electrons. The Hall–Kier alpha value is -2.44. The second kappa shape index (κ2) is 7.05. The number of likely N-dealkylation sites (tertiary alicyclic amines) is 1. The topological polar surface area (TPSA) is 66.6 Å². The predicted octanol–water partition coefficient (Wildman–Crippen LogP) is 4.75. The van der Waals surface area contributed by atoms with Crippen LogP contribution in [0.3, 0.4) is 0 Å². The number of carboxylic acid groups (broad SMARTS) is 1. The Morgan fingerprint density at radius 3 is 2.96 bits per heavy atom. The zero-order chi connectivity index (χ0) is 18.1. The number of aromatic carboxylic acids is 1. The lowest BCUT2D eigenvalue weighted by Gasteiger charge is -2.21. The van der Waals surface area contributed by atoms with Crippen molar-refractivity contribution in [3.63, 3.8) is 0 Å². The number of hydrogen-bond donors (Lipinski definition) is 1. The van der Waals surface area contributed by atoms with E-state index in [1.165, 1.54) is 5.01 Å². The summed E-state index contributed by atoms with van der Waals surface area (Å²) in [5.74, 6) is 0.497. The van der Waals surface area contributed by atoms with Crippen LogP contribution in [0.2, 0.25) is 0 Å². The fraction of sp³-hybridized carbons (Fsp3) is 0.300. The smallest absolute Gasteiger partial charge is 0.336 e. The Kier molecular flexibility index (Phi) is 4.61. The summed E-state index contributed by atoms with van der Waals surface area (Å²) in [6.07, 6.45) is 2.26. The van der Waals surface area contributed by atoms with Gasteiger partial charge in [-0.05, 0) is 44.5 Å². The van der Waals surface area contributed by atoms with Crippen LogP contribution in [-0.4, -0.2) is 27.5 Å². The van der Waals surface area contributed by atoms with Gasteiger partial charge in [-0.1, -0.05) is 18.2 Å². The van der Waals surface area contributed by atoms with Crippen molar-refractivity contribution in [1.82, 2.24) is 9.88 Å². The second-order valence-electron chi connectivity index (χ2n) is 6.57. The minimum absolute atomic E-state index is 0.255. The molecule has 26 heavy (non-hydrogen) atoms. The van der Waals surface area contributed by atoms with Crippen LogP contribution in [0, 0.1) is 6.92 Å². The number of furan rings is 1. The molecule has 3 heterocycles. The molecule has 3 aromatic rings. The first kappa shape index (κ1) is 17.0. The molecule has 0 amide bonds. The lowest BCUT2D eigenvalue weighted by atomic mass is 10.1. The van der Waals surface area contributed by atoms with Crippen LogP contribution >= 0.6 is 11.3 Å². The standard InChI is InChI=1S/C20H20N2O3S/c1-13-12-26-19(21-13)17-7-4-10-22(17)11-14-8-9-18(25-14)15-5-2-3-6-16(15)20(23)24/h2-3,5-6,8-9,12,17H,4,7,10-11H2,1H3,(H,23,24). The van der Waals surface area contributed by atoms with Gasteiger partial charge in [0.15, 0.2) is 0 Å². The van der Waals surface area contributed by atoms with Crippen LogP contribution in [0.5, 0.6) is 0 Å². The third-order valence-electron chi connectivity index (χ3n) is 4.73. The van der Waals surface area contributed by atoms with Crippen molar-refractivity contribution in [2.24, 2.45) is 0 Å². The molecule has 0 bridgehead atoms. The number of aryl methyl sites for hydroxylation is 1. The third-order valence-corrected chi connectivity index (χ3v) is 5.79.